The van der Waals surface area contributed by atoms with Crippen LogP contribution in [0.15, 0.2) is 12.3 Å². The van der Waals surface area contributed by atoms with Crippen LogP contribution in [0.4, 0.5) is 4.39 Å². The zero-order chi connectivity index (χ0) is 17.3. The summed E-state index contributed by atoms with van der Waals surface area (Å²) in [4.78, 5) is 0. The summed E-state index contributed by atoms with van der Waals surface area (Å²) in [6.45, 7) is 1.21. The van der Waals surface area contributed by atoms with E-state index < -0.39 is 5.82 Å². The van der Waals surface area contributed by atoms with Crippen LogP contribution >= 0.6 is 34.2 Å². The Morgan fingerprint density at radius 2 is 2.21 bits per heavy atom. The molecule has 3 rings (SSSR count). The summed E-state index contributed by atoms with van der Waals surface area (Å²) in [5.41, 5.74) is 0.755. The summed E-state index contributed by atoms with van der Waals surface area (Å²) < 4.78 is 28.2. The molecule has 0 amide bonds. The van der Waals surface area contributed by atoms with E-state index in [9.17, 15) is 9.65 Å². The molecule has 0 unspecified atom stereocenters. The van der Waals surface area contributed by atoms with Crippen molar-refractivity contribution < 1.29 is 13.9 Å². The van der Waals surface area contributed by atoms with Crippen LogP contribution in [0.3, 0.4) is 0 Å². The fraction of sp³-hybridized carbons (Fsp3) is 0.375. The van der Waals surface area contributed by atoms with Crippen molar-refractivity contribution in [1.29, 1.82) is 5.26 Å². The summed E-state index contributed by atoms with van der Waals surface area (Å²) >= 11 is 8.12. The number of aryl methyl sites for hydroxylation is 1. The second-order valence-electron chi connectivity index (χ2n) is 5.43. The average molecular weight is 462 g/mol. The highest BCUT2D eigenvalue weighted by molar-refractivity contribution is 14.1. The number of halogens is 3. The minimum Gasteiger partial charge on any atom is -0.489 e. The van der Waals surface area contributed by atoms with E-state index in [0.717, 1.165) is 16.4 Å². The number of hydrogen-bond acceptors (Lipinski definition) is 4. The number of benzene rings is 1. The SMILES string of the molecule is Cn1ncc(I)c1-c1c(F)c(Cl)cc(OC2CCOCC2)c1C#N. The number of nitrogens with zero attached hydrogens (tertiary/aromatic N) is 3. The van der Waals surface area contributed by atoms with Crippen molar-refractivity contribution in [2.75, 3.05) is 13.2 Å². The molecule has 126 valence electrons. The molecular weight excluding hydrogens is 448 g/mol. The van der Waals surface area contributed by atoms with E-state index in [2.05, 4.69) is 33.8 Å². The third-order valence-corrected chi connectivity index (χ3v) is 4.95. The predicted octanol–water partition coefficient (Wildman–Crippen LogP) is 3.91. The van der Waals surface area contributed by atoms with Gasteiger partial charge in [-0.25, -0.2) is 4.39 Å². The molecule has 1 saturated heterocycles. The van der Waals surface area contributed by atoms with Gasteiger partial charge in [0.15, 0.2) is 5.82 Å². The standard InChI is InChI=1S/C16H14ClFIN3O2/c1-22-16(12(19)8-21-22)14-10(7-20)13(6-11(17)15(14)18)24-9-2-4-23-5-3-9/h6,8-9H,2-5H2,1H3. The Bertz CT molecular complexity index is 793. The van der Waals surface area contributed by atoms with Crippen LogP contribution in [0.5, 0.6) is 5.75 Å². The number of hydrogen-bond donors (Lipinski definition) is 0. The molecule has 0 N–H and O–H groups in total. The van der Waals surface area contributed by atoms with E-state index in [1.807, 2.05) is 0 Å². The minimum atomic E-state index is -0.644. The van der Waals surface area contributed by atoms with Gasteiger partial charge in [0.2, 0.25) is 0 Å². The van der Waals surface area contributed by atoms with E-state index in [1.165, 1.54) is 10.7 Å². The van der Waals surface area contributed by atoms with Crippen molar-refractivity contribution in [3.63, 3.8) is 0 Å². The van der Waals surface area contributed by atoms with Gasteiger partial charge < -0.3 is 9.47 Å². The highest BCUT2D eigenvalue weighted by Crippen LogP contribution is 2.39. The van der Waals surface area contributed by atoms with Crippen LogP contribution in [0.2, 0.25) is 5.02 Å². The monoisotopic (exact) mass is 461 g/mol. The van der Waals surface area contributed by atoms with Crippen LogP contribution < -0.4 is 4.74 Å². The van der Waals surface area contributed by atoms with Crippen molar-refractivity contribution in [3.05, 3.63) is 32.2 Å². The molecule has 0 spiro atoms. The summed E-state index contributed by atoms with van der Waals surface area (Å²) in [5, 5.41) is 13.7. The van der Waals surface area contributed by atoms with Crippen molar-refractivity contribution in [2.45, 2.75) is 18.9 Å². The lowest BCUT2D eigenvalue weighted by atomic mass is 10.0. The van der Waals surface area contributed by atoms with E-state index >= 15 is 0 Å². The predicted molar refractivity (Wildman–Crippen MR) is 95.5 cm³/mol. The Labute approximate surface area is 157 Å². The van der Waals surface area contributed by atoms with Crippen molar-refractivity contribution in [1.82, 2.24) is 9.78 Å². The first-order valence-electron chi connectivity index (χ1n) is 7.37. The van der Waals surface area contributed by atoms with Crippen LogP contribution in [-0.2, 0) is 11.8 Å². The molecule has 1 fully saturated rings. The number of nitriles is 1. The Kier molecular flexibility index (Phi) is 5.27. The fourth-order valence-corrected chi connectivity index (χ4v) is 3.63. The Morgan fingerprint density at radius 3 is 2.79 bits per heavy atom. The maximum Gasteiger partial charge on any atom is 0.152 e. The first-order chi connectivity index (χ1) is 11.5. The lowest BCUT2D eigenvalue weighted by Gasteiger charge is -2.24. The van der Waals surface area contributed by atoms with Gasteiger partial charge in [0, 0.05) is 26.0 Å². The van der Waals surface area contributed by atoms with E-state index in [4.69, 9.17) is 21.1 Å². The largest absolute Gasteiger partial charge is 0.489 e. The summed E-state index contributed by atoms with van der Waals surface area (Å²) in [7, 11) is 1.69. The molecule has 2 aromatic rings. The van der Waals surface area contributed by atoms with Gasteiger partial charge in [-0.1, -0.05) is 11.6 Å². The highest BCUT2D eigenvalue weighted by atomic mass is 127. The second-order valence-corrected chi connectivity index (χ2v) is 7.00. The molecule has 1 aromatic carbocycles. The van der Waals surface area contributed by atoms with Gasteiger partial charge in [-0.15, -0.1) is 0 Å². The first kappa shape index (κ1) is 17.5. The fourth-order valence-electron chi connectivity index (χ4n) is 2.69. The quantitative estimate of drug-likeness (QED) is 0.650. The third kappa shape index (κ3) is 3.23. The average Bonchev–Trinajstić information content (AvgIpc) is 2.90. The van der Waals surface area contributed by atoms with Gasteiger partial charge in [0.1, 0.15) is 23.5 Å². The van der Waals surface area contributed by atoms with E-state index in [0.29, 0.717) is 24.7 Å². The van der Waals surface area contributed by atoms with E-state index in [-0.39, 0.29) is 22.3 Å². The van der Waals surface area contributed by atoms with Gasteiger partial charge >= 0.3 is 0 Å². The Hall–Kier alpha value is -1.37. The zero-order valence-corrected chi connectivity index (χ0v) is 15.8. The topological polar surface area (TPSA) is 60.1 Å². The molecular formula is C16H14ClFIN3O2. The molecule has 0 bridgehead atoms. The first-order valence-corrected chi connectivity index (χ1v) is 8.83. The molecule has 0 aliphatic carbocycles. The van der Waals surface area contributed by atoms with Crippen LogP contribution in [-0.4, -0.2) is 29.1 Å². The lowest BCUT2D eigenvalue weighted by molar-refractivity contribution is 0.0254. The molecule has 8 heteroatoms. The molecule has 2 heterocycles. The Morgan fingerprint density at radius 1 is 1.50 bits per heavy atom. The van der Waals surface area contributed by atoms with Gasteiger partial charge in [-0.2, -0.15) is 10.4 Å². The third-order valence-electron chi connectivity index (χ3n) is 3.89. The minimum absolute atomic E-state index is 0.0779. The molecule has 0 saturated carbocycles. The van der Waals surface area contributed by atoms with Crippen LogP contribution in [0.25, 0.3) is 11.3 Å². The normalized spacial score (nSPS) is 15.3. The number of aromatic nitrogens is 2. The molecule has 0 atom stereocenters. The summed E-state index contributed by atoms with van der Waals surface area (Å²) in [5.74, 6) is -0.350. The number of ether oxygens (including phenoxy) is 2. The zero-order valence-electron chi connectivity index (χ0n) is 12.9. The molecule has 1 aliphatic rings. The molecule has 1 aromatic heterocycles. The second kappa shape index (κ2) is 7.25. The Balaban J connectivity index is 2.13. The van der Waals surface area contributed by atoms with E-state index in [1.54, 1.807) is 13.2 Å². The maximum atomic E-state index is 14.7. The van der Waals surface area contributed by atoms with Gasteiger partial charge in [0.05, 0.1) is 39.3 Å². The lowest BCUT2D eigenvalue weighted by Crippen LogP contribution is -2.26. The summed E-state index contributed by atoms with van der Waals surface area (Å²) in [6, 6.07) is 3.44. The van der Waals surface area contributed by atoms with Gasteiger partial charge in [-0.05, 0) is 22.6 Å². The molecule has 1 aliphatic heterocycles. The van der Waals surface area contributed by atoms with Gasteiger partial charge in [-0.3, -0.25) is 4.68 Å². The van der Waals surface area contributed by atoms with Crippen LogP contribution in [0, 0.1) is 20.7 Å². The van der Waals surface area contributed by atoms with Crippen LogP contribution in [0.1, 0.15) is 18.4 Å². The van der Waals surface area contributed by atoms with Crippen molar-refractivity contribution in [2.24, 2.45) is 7.05 Å². The smallest absolute Gasteiger partial charge is 0.152 e. The molecule has 5 nitrogen and oxygen atoms in total. The highest BCUT2D eigenvalue weighted by Gasteiger charge is 2.26. The molecule has 0 radical (unpaired) electrons. The summed E-state index contributed by atoms with van der Waals surface area (Å²) in [6.07, 6.45) is 2.97. The molecule has 24 heavy (non-hydrogen) atoms. The van der Waals surface area contributed by atoms with Crippen molar-refractivity contribution >= 4 is 34.2 Å². The number of rotatable bonds is 3. The maximum absolute atomic E-state index is 14.7. The van der Waals surface area contributed by atoms with Crippen molar-refractivity contribution in [3.8, 4) is 23.1 Å². The van der Waals surface area contributed by atoms with Gasteiger partial charge in [0.25, 0.3) is 0 Å².